The van der Waals surface area contributed by atoms with E-state index in [0.29, 0.717) is 26.2 Å². The number of aliphatic hydroxyl groups excluding tert-OH is 1. The number of hydrogen-bond donors (Lipinski definition) is 1. The van der Waals surface area contributed by atoms with Crippen LogP contribution in [0.4, 0.5) is 0 Å². The van der Waals surface area contributed by atoms with Crippen molar-refractivity contribution in [3.63, 3.8) is 0 Å². The van der Waals surface area contributed by atoms with E-state index in [1.165, 1.54) is 11.1 Å². The van der Waals surface area contributed by atoms with Crippen LogP contribution in [-0.2, 0) is 22.7 Å². The van der Waals surface area contributed by atoms with Crippen molar-refractivity contribution in [2.45, 2.75) is 58.0 Å². The number of rotatable bonds is 12. The third-order valence-electron chi connectivity index (χ3n) is 4.23. The molecule has 0 amide bonds. The minimum atomic E-state index is -0.294. The fourth-order valence-electron chi connectivity index (χ4n) is 2.66. The summed E-state index contributed by atoms with van der Waals surface area (Å²) in [6.45, 7) is 3.95. The highest BCUT2D eigenvalue weighted by molar-refractivity contribution is 5.14. The molecule has 0 spiro atoms. The maximum Gasteiger partial charge on any atom is 0.0720 e. The highest BCUT2D eigenvalue weighted by Crippen LogP contribution is 2.11. The lowest BCUT2D eigenvalue weighted by molar-refractivity contribution is 0.0390. The predicted molar refractivity (Wildman–Crippen MR) is 101 cm³/mol. The second-order valence-electron chi connectivity index (χ2n) is 6.52. The summed E-state index contributed by atoms with van der Waals surface area (Å²) >= 11 is 0. The van der Waals surface area contributed by atoms with E-state index < -0.39 is 0 Å². The number of benzene rings is 2. The molecule has 1 N–H and O–H groups in total. The van der Waals surface area contributed by atoms with E-state index in [1.54, 1.807) is 0 Å². The zero-order valence-corrected chi connectivity index (χ0v) is 15.1. The van der Waals surface area contributed by atoms with Crippen LogP contribution in [-0.4, -0.2) is 23.9 Å². The van der Waals surface area contributed by atoms with E-state index >= 15 is 0 Å². The maximum absolute atomic E-state index is 10.0. The zero-order chi connectivity index (χ0) is 17.7. The van der Waals surface area contributed by atoms with Crippen LogP contribution < -0.4 is 0 Å². The third kappa shape index (κ3) is 8.82. The van der Waals surface area contributed by atoms with Gasteiger partial charge in [0.2, 0.25) is 0 Å². The number of aliphatic hydroxyl groups is 1. The first kappa shape index (κ1) is 19.6. The summed E-state index contributed by atoms with van der Waals surface area (Å²) in [6.07, 6.45) is 3.34. The molecule has 2 aromatic rings. The topological polar surface area (TPSA) is 38.7 Å². The Morgan fingerprint density at radius 3 is 2.04 bits per heavy atom. The molecule has 0 aliphatic carbocycles. The van der Waals surface area contributed by atoms with Gasteiger partial charge >= 0.3 is 0 Å². The second kappa shape index (κ2) is 11.8. The van der Waals surface area contributed by atoms with Crippen molar-refractivity contribution in [3.8, 4) is 0 Å². The molecule has 25 heavy (non-hydrogen) atoms. The van der Waals surface area contributed by atoms with Crippen LogP contribution in [0.15, 0.2) is 60.7 Å². The molecule has 2 aromatic carbocycles. The van der Waals surface area contributed by atoms with Crippen molar-refractivity contribution >= 4 is 0 Å². The van der Waals surface area contributed by atoms with Crippen LogP contribution in [0.2, 0.25) is 0 Å². The van der Waals surface area contributed by atoms with Gasteiger partial charge in [-0.2, -0.15) is 0 Å². The third-order valence-corrected chi connectivity index (χ3v) is 4.23. The average molecular weight is 342 g/mol. The van der Waals surface area contributed by atoms with E-state index in [-0.39, 0.29) is 12.2 Å². The van der Waals surface area contributed by atoms with E-state index in [1.807, 2.05) is 48.5 Å². The van der Waals surface area contributed by atoms with Crippen molar-refractivity contribution < 1.29 is 14.6 Å². The highest BCUT2D eigenvalue weighted by atomic mass is 16.5. The fraction of sp³-hybridized carbons (Fsp3) is 0.455. The molecular formula is C22H30O3. The predicted octanol–water partition coefficient (Wildman–Crippen LogP) is 4.73. The molecule has 0 aliphatic rings. The van der Waals surface area contributed by atoms with Crippen LogP contribution in [0.1, 0.15) is 43.7 Å². The van der Waals surface area contributed by atoms with Crippen LogP contribution in [0.25, 0.3) is 0 Å². The monoisotopic (exact) mass is 342 g/mol. The quantitative estimate of drug-likeness (QED) is 0.567. The van der Waals surface area contributed by atoms with Crippen molar-refractivity contribution in [1.29, 1.82) is 0 Å². The van der Waals surface area contributed by atoms with Crippen LogP contribution >= 0.6 is 0 Å². The minimum absolute atomic E-state index is 0.210. The molecule has 2 atom stereocenters. The standard InChI is InChI=1S/C22H30O3/c1-19(25-18-21-12-6-3-7-13-21)9-8-14-22(23)15-16-24-17-20-10-4-2-5-11-20/h2-7,10-13,19,22-23H,8-9,14-18H2,1H3/t19?,22-/m1/s1. The number of ether oxygens (including phenoxy) is 2. The lowest BCUT2D eigenvalue weighted by atomic mass is 10.1. The molecule has 136 valence electrons. The molecule has 0 bridgehead atoms. The first-order valence-electron chi connectivity index (χ1n) is 9.19. The molecule has 2 rings (SSSR count). The Bertz CT molecular complexity index is 556. The largest absolute Gasteiger partial charge is 0.393 e. The summed E-state index contributed by atoms with van der Waals surface area (Å²) in [6, 6.07) is 20.3. The van der Waals surface area contributed by atoms with Crippen LogP contribution in [0.3, 0.4) is 0 Å². The van der Waals surface area contributed by atoms with Crippen molar-refractivity contribution in [2.75, 3.05) is 6.61 Å². The Morgan fingerprint density at radius 1 is 0.800 bits per heavy atom. The molecule has 0 saturated heterocycles. The Labute approximate surface area is 151 Å². The first-order chi connectivity index (χ1) is 12.2. The van der Waals surface area contributed by atoms with E-state index in [9.17, 15) is 5.11 Å². The fourth-order valence-corrected chi connectivity index (χ4v) is 2.66. The second-order valence-corrected chi connectivity index (χ2v) is 6.52. The SMILES string of the molecule is CC(CCC[C@@H](O)CCOCc1ccccc1)OCc1ccccc1. The van der Waals surface area contributed by atoms with Gasteiger partial charge in [-0.15, -0.1) is 0 Å². The molecule has 3 heteroatoms. The van der Waals surface area contributed by atoms with Gasteiger partial charge in [0.15, 0.2) is 0 Å². The maximum atomic E-state index is 10.0. The molecular weight excluding hydrogens is 312 g/mol. The Balaban J connectivity index is 1.48. The minimum Gasteiger partial charge on any atom is -0.393 e. The lowest BCUT2D eigenvalue weighted by Gasteiger charge is -2.15. The van der Waals surface area contributed by atoms with Crippen molar-refractivity contribution in [3.05, 3.63) is 71.8 Å². The Hall–Kier alpha value is -1.68. The van der Waals surface area contributed by atoms with Crippen molar-refractivity contribution in [2.24, 2.45) is 0 Å². The molecule has 0 heterocycles. The molecule has 0 fully saturated rings. The summed E-state index contributed by atoms with van der Waals surface area (Å²) in [4.78, 5) is 0. The van der Waals surface area contributed by atoms with Gasteiger partial charge in [-0.25, -0.2) is 0 Å². The summed E-state index contributed by atoms with van der Waals surface area (Å²) in [7, 11) is 0. The smallest absolute Gasteiger partial charge is 0.0720 e. The van der Waals surface area contributed by atoms with Crippen molar-refractivity contribution in [1.82, 2.24) is 0 Å². The summed E-state index contributed by atoms with van der Waals surface area (Å²) < 4.78 is 11.5. The van der Waals surface area contributed by atoms with Crippen LogP contribution in [0, 0.1) is 0 Å². The van der Waals surface area contributed by atoms with Gasteiger partial charge in [0.1, 0.15) is 0 Å². The summed E-state index contributed by atoms with van der Waals surface area (Å²) in [5.74, 6) is 0. The van der Waals surface area contributed by atoms with Gasteiger partial charge in [0, 0.05) is 6.61 Å². The normalized spacial score (nSPS) is 13.5. The average Bonchev–Trinajstić information content (AvgIpc) is 2.65. The highest BCUT2D eigenvalue weighted by Gasteiger charge is 2.07. The van der Waals surface area contributed by atoms with E-state index in [0.717, 1.165) is 19.3 Å². The molecule has 0 aromatic heterocycles. The molecule has 1 unspecified atom stereocenters. The Kier molecular flexibility index (Phi) is 9.27. The van der Waals surface area contributed by atoms with Gasteiger partial charge in [-0.3, -0.25) is 0 Å². The Morgan fingerprint density at radius 2 is 1.40 bits per heavy atom. The van der Waals surface area contributed by atoms with Gasteiger partial charge in [-0.1, -0.05) is 60.7 Å². The van der Waals surface area contributed by atoms with Gasteiger partial charge < -0.3 is 14.6 Å². The molecule has 3 nitrogen and oxygen atoms in total. The molecule has 0 aliphatic heterocycles. The summed E-state index contributed by atoms with van der Waals surface area (Å²) in [5.41, 5.74) is 2.37. The number of hydrogen-bond acceptors (Lipinski definition) is 3. The molecule has 0 saturated carbocycles. The molecule has 0 radical (unpaired) electrons. The van der Waals surface area contributed by atoms with Gasteiger partial charge in [-0.05, 0) is 43.7 Å². The lowest BCUT2D eigenvalue weighted by Crippen LogP contribution is -2.13. The first-order valence-corrected chi connectivity index (χ1v) is 9.19. The summed E-state index contributed by atoms with van der Waals surface area (Å²) in [5, 5.41) is 10.0. The zero-order valence-electron chi connectivity index (χ0n) is 15.1. The van der Waals surface area contributed by atoms with Crippen LogP contribution in [0.5, 0.6) is 0 Å². The van der Waals surface area contributed by atoms with E-state index in [2.05, 4.69) is 19.1 Å². The van der Waals surface area contributed by atoms with Gasteiger partial charge in [0.25, 0.3) is 0 Å². The van der Waals surface area contributed by atoms with E-state index in [4.69, 9.17) is 9.47 Å². The van der Waals surface area contributed by atoms with Gasteiger partial charge in [0.05, 0.1) is 25.4 Å².